The van der Waals surface area contributed by atoms with Gasteiger partial charge in [-0.25, -0.2) is 8.42 Å². The molecule has 1 unspecified atom stereocenters. The maximum atomic E-state index is 11.2. The Morgan fingerprint density at radius 3 is 2.29 bits per heavy atom. The number of alkyl halides is 1. The molecule has 0 radical (unpaired) electrons. The maximum Gasteiger partial charge on any atom is 0.148 e. The first-order chi connectivity index (χ1) is 7.92. The molecule has 0 aliphatic rings. The van der Waals surface area contributed by atoms with E-state index < -0.39 is 9.84 Å². The molecular weight excluding hydrogens is 300 g/mol. The van der Waals surface area contributed by atoms with Gasteiger partial charge in [-0.1, -0.05) is 53.5 Å². The van der Waals surface area contributed by atoms with E-state index in [0.717, 1.165) is 12.0 Å². The van der Waals surface area contributed by atoms with Crippen molar-refractivity contribution >= 4 is 25.8 Å². The summed E-state index contributed by atoms with van der Waals surface area (Å²) in [5, 5.41) is 0. The molecule has 0 heterocycles. The molecule has 0 aliphatic carbocycles. The van der Waals surface area contributed by atoms with Crippen LogP contribution in [0.15, 0.2) is 24.3 Å². The molecule has 17 heavy (non-hydrogen) atoms. The van der Waals surface area contributed by atoms with Crippen molar-refractivity contribution in [3.8, 4) is 0 Å². The third kappa shape index (κ3) is 5.68. The normalized spacial score (nSPS) is 13.6. The van der Waals surface area contributed by atoms with Crippen molar-refractivity contribution in [2.45, 2.75) is 31.0 Å². The van der Waals surface area contributed by atoms with E-state index in [9.17, 15) is 8.42 Å². The van der Waals surface area contributed by atoms with Crippen LogP contribution in [-0.2, 0) is 16.3 Å². The molecule has 0 amide bonds. The lowest BCUT2D eigenvalue weighted by atomic mass is 10.1. The Kier molecular flexibility index (Phi) is 5.67. The Labute approximate surface area is 112 Å². The van der Waals surface area contributed by atoms with Gasteiger partial charge in [0.05, 0.1) is 10.6 Å². The van der Waals surface area contributed by atoms with Gasteiger partial charge >= 0.3 is 0 Å². The van der Waals surface area contributed by atoms with E-state index >= 15 is 0 Å². The number of aryl methyl sites for hydroxylation is 1. The zero-order valence-corrected chi connectivity index (χ0v) is 12.7. The summed E-state index contributed by atoms with van der Waals surface area (Å²) >= 11 is 3.42. The summed E-state index contributed by atoms with van der Waals surface area (Å²) in [6.07, 6.45) is 4.74. The molecule has 1 rings (SSSR count). The van der Waals surface area contributed by atoms with Crippen molar-refractivity contribution < 1.29 is 8.42 Å². The third-order valence-electron chi connectivity index (χ3n) is 2.61. The molecule has 0 aliphatic heterocycles. The molecule has 0 spiro atoms. The number of hydrogen-bond donors (Lipinski definition) is 0. The highest BCUT2D eigenvalue weighted by Gasteiger charge is 2.13. The van der Waals surface area contributed by atoms with Crippen LogP contribution < -0.4 is 0 Å². The van der Waals surface area contributed by atoms with Crippen molar-refractivity contribution in [1.82, 2.24) is 0 Å². The number of hydrogen-bond acceptors (Lipinski definition) is 2. The molecule has 0 bridgehead atoms. The van der Waals surface area contributed by atoms with Gasteiger partial charge < -0.3 is 0 Å². The minimum atomic E-state index is -2.94. The SMILES string of the molecule is CCCCc1ccc(C(Br)CS(C)(=O)=O)cc1. The Hall–Kier alpha value is -0.350. The molecule has 1 aromatic carbocycles. The summed E-state index contributed by atoms with van der Waals surface area (Å²) in [7, 11) is -2.94. The van der Waals surface area contributed by atoms with E-state index in [-0.39, 0.29) is 10.6 Å². The first kappa shape index (κ1) is 14.7. The number of benzene rings is 1. The molecular formula is C13H19BrO2S. The van der Waals surface area contributed by atoms with E-state index in [0.29, 0.717) is 0 Å². The van der Waals surface area contributed by atoms with Gasteiger partial charge in [-0.15, -0.1) is 0 Å². The zero-order valence-electron chi connectivity index (χ0n) is 10.3. The standard InChI is InChI=1S/C13H19BrO2S/c1-3-4-5-11-6-8-12(9-7-11)13(14)10-17(2,15)16/h6-9,13H,3-5,10H2,1-2H3. The lowest BCUT2D eigenvalue weighted by Gasteiger charge is -2.09. The van der Waals surface area contributed by atoms with E-state index in [1.165, 1.54) is 24.7 Å². The van der Waals surface area contributed by atoms with Crippen LogP contribution in [-0.4, -0.2) is 20.4 Å². The molecule has 1 atom stereocenters. The first-order valence-corrected chi connectivity index (χ1v) is 8.80. The number of unbranched alkanes of at least 4 members (excludes halogenated alkanes) is 1. The highest BCUT2D eigenvalue weighted by Crippen LogP contribution is 2.24. The fourth-order valence-electron chi connectivity index (χ4n) is 1.64. The van der Waals surface area contributed by atoms with Crippen LogP contribution in [0.3, 0.4) is 0 Å². The summed E-state index contributed by atoms with van der Waals surface area (Å²) < 4.78 is 22.4. The summed E-state index contributed by atoms with van der Waals surface area (Å²) in [5.41, 5.74) is 2.34. The zero-order chi connectivity index (χ0) is 12.9. The average Bonchev–Trinajstić information content (AvgIpc) is 2.24. The quantitative estimate of drug-likeness (QED) is 0.752. The van der Waals surface area contributed by atoms with Crippen LogP contribution in [0.2, 0.25) is 0 Å². The minimum Gasteiger partial charge on any atom is -0.229 e. The van der Waals surface area contributed by atoms with Gasteiger partial charge in [0, 0.05) is 6.26 Å². The monoisotopic (exact) mass is 318 g/mol. The van der Waals surface area contributed by atoms with Crippen molar-refractivity contribution in [2.75, 3.05) is 12.0 Å². The first-order valence-electron chi connectivity index (χ1n) is 5.83. The molecule has 4 heteroatoms. The fraction of sp³-hybridized carbons (Fsp3) is 0.538. The number of sulfone groups is 1. The Morgan fingerprint density at radius 1 is 1.24 bits per heavy atom. The molecule has 0 fully saturated rings. The van der Waals surface area contributed by atoms with Gasteiger partial charge in [0.2, 0.25) is 0 Å². The average molecular weight is 319 g/mol. The Balaban J connectivity index is 2.67. The smallest absolute Gasteiger partial charge is 0.148 e. The fourth-order valence-corrected chi connectivity index (χ4v) is 4.11. The van der Waals surface area contributed by atoms with Crippen LogP contribution in [0.1, 0.15) is 35.7 Å². The summed E-state index contributed by atoms with van der Waals surface area (Å²) in [4.78, 5) is -0.113. The second-order valence-electron chi connectivity index (χ2n) is 4.41. The van der Waals surface area contributed by atoms with E-state index in [2.05, 4.69) is 35.0 Å². The van der Waals surface area contributed by atoms with Crippen LogP contribution in [0.25, 0.3) is 0 Å². The van der Waals surface area contributed by atoms with Gasteiger partial charge in [0.25, 0.3) is 0 Å². The van der Waals surface area contributed by atoms with E-state index in [1.54, 1.807) is 0 Å². The maximum absolute atomic E-state index is 11.2. The Morgan fingerprint density at radius 2 is 1.82 bits per heavy atom. The summed E-state index contributed by atoms with van der Waals surface area (Å²) in [6, 6.07) is 8.19. The molecule has 1 aromatic rings. The predicted octanol–water partition coefficient (Wildman–Crippen LogP) is 3.51. The predicted molar refractivity (Wildman–Crippen MR) is 76.4 cm³/mol. The van der Waals surface area contributed by atoms with Crippen molar-refractivity contribution in [3.05, 3.63) is 35.4 Å². The molecule has 0 saturated heterocycles. The van der Waals surface area contributed by atoms with Gasteiger partial charge in [0.1, 0.15) is 9.84 Å². The van der Waals surface area contributed by atoms with Crippen molar-refractivity contribution in [1.29, 1.82) is 0 Å². The summed E-state index contributed by atoms with van der Waals surface area (Å²) in [6.45, 7) is 2.18. The third-order valence-corrected chi connectivity index (χ3v) is 4.83. The highest BCUT2D eigenvalue weighted by molar-refractivity contribution is 9.09. The van der Waals surface area contributed by atoms with Crippen molar-refractivity contribution in [2.24, 2.45) is 0 Å². The van der Waals surface area contributed by atoms with E-state index in [4.69, 9.17) is 0 Å². The summed E-state index contributed by atoms with van der Waals surface area (Å²) in [5.74, 6) is 0.140. The van der Waals surface area contributed by atoms with Crippen LogP contribution >= 0.6 is 15.9 Å². The largest absolute Gasteiger partial charge is 0.229 e. The number of halogens is 1. The molecule has 0 aromatic heterocycles. The van der Waals surface area contributed by atoms with Gasteiger partial charge in [-0.3, -0.25) is 0 Å². The second kappa shape index (κ2) is 6.55. The Bertz CT molecular complexity index is 437. The molecule has 96 valence electrons. The number of rotatable bonds is 6. The van der Waals surface area contributed by atoms with Crippen LogP contribution in [0.5, 0.6) is 0 Å². The second-order valence-corrected chi connectivity index (χ2v) is 7.70. The highest BCUT2D eigenvalue weighted by atomic mass is 79.9. The minimum absolute atomic E-state index is 0.113. The lowest BCUT2D eigenvalue weighted by molar-refractivity contribution is 0.601. The van der Waals surface area contributed by atoms with Crippen LogP contribution in [0, 0.1) is 0 Å². The molecule has 2 nitrogen and oxygen atoms in total. The van der Waals surface area contributed by atoms with Gasteiger partial charge in [-0.05, 0) is 24.0 Å². The lowest BCUT2D eigenvalue weighted by Crippen LogP contribution is -2.08. The van der Waals surface area contributed by atoms with Crippen molar-refractivity contribution in [3.63, 3.8) is 0 Å². The topological polar surface area (TPSA) is 34.1 Å². The van der Waals surface area contributed by atoms with E-state index in [1.807, 2.05) is 12.1 Å². The molecule has 0 N–H and O–H groups in total. The van der Waals surface area contributed by atoms with Gasteiger partial charge in [-0.2, -0.15) is 0 Å². The molecule has 0 saturated carbocycles. The van der Waals surface area contributed by atoms with Crippen LogP contribution in [0.4, 0.5) is 0 Å². The van der Waals surface area contributed by atoms with Gasteiger partial charge in [0.15, 0.2) is 0 Å².